The molecule has 2 rings (SSSR count). The highest BCUT2D eigenvalue weighted by atomic mass is 32.2. The van der Waals surface area contributed by atoms with Gasteiger partial charge in [-0.15, -0.1) is 0 Å². The Morgan fingerprint density at radius 3 is 2.80 bits per heavy atom. The monoisotopic (exact) mass is 299 g/mol. The van der Waals surface area contributed by atoms with Crippen molar-refractivity contribution in [3.05, 3.63) is 0 Å². The van der Waals surface area contributed by atoms with Gasteiger partial charge in [0, 0.05) is 18.4 Å². The third kappa shape index (κ3) is 4.64. The Morgan fingerprint density at radius 2 is 2.20 bits per heavy atom. The Hall–Kier alpha value is 0.270. The Balaban J connectivity index is 1.99. The summed E-state index contributed by atoms with van der Waals surface area (Å²) in [7, 11) is 0. The summed E-state index contributed by atoms with van der Waals surface area (Å²) in [6.45, 7) is 11.5. The zero-order valence-electron chi connectivity index (χ0n) is 13.8. The van der Waals surface area contributed by atoms with E-state index in [0.29, 0.717) is 11.5 Å². The number of nitrogens with one attached hydrogen (secondary N) is 1. The summed E-state index contributed by atoms with van der Waals surface area (Å²) in [6, 6.07) is 0.668. The molecule has 0 aromatic rings. The lowest BCUT2D eigenvalue weighted by Crippen LogP contribution is -2.48. The van der Waals surface area contributed by atoms with Crippen LogP contribution in [-0.2, 0) is 4.74 Å². The molecule has 0 aromatic heterocycles. The average molecular weight is 300 g/mol. The smallest absolute Gasteiger partial charge is 0.0783 e. The van der Waals surface area contributed by atoms with Gasteiger partial charge in [0.25, 0.3) is 0 Å². The van der Waals surface area contributed by atoms with Gasteiger partial charge in [0.15, 0.2) is 0 Å². The van der Waals surface area contributed by atoms with Crippen LogP contribution in [0, 0.1) is 11.3 Å². The van der Waals surface area contributed by atoms with Gasteiger partial charge in [-0.1, -0.05) is 27.7 Å². The number of hydrogen-bond donors (Lipinski definition) is 1. The lowest BCUT2D eigenvalue weighted by atomic mass is 9.76. The molecule has 0 bridgehead atoms. The fourth-order valence-corrected chi connectivity index (χ4v) is 5.05. The number of thioether (sulfide) groups is 1. The number of ether oxygens (including phenoxy) is 1. The second-order valence-electron chi connectivity index (χ2n) is 7.91. The van der Waals surface area contributed by atoms with Gasteiger partial charge in [0.1, 0.15) is 0 Å². The van der Waals surface area contributed by atoms with Crippen molar-refractivity contribution >= 4 is 11.8 Å². The average Bonchev–Trinajstić information content (AvgIpc) is 2.81. The largest absolute Gasteiger partial charge is 0.374 e. The van der Waals surface area contributed by atoms with Gasteiger partial charge in [0.05, 0.1) is 5.60 Å². The van der Waals surface area contributed by atoms with Crippen molar-refractivity contribution < 1.29 is 4.74 Å². The fraction of sp³-hybridized carbons (Fsp3) is 1.00. The van der Waals surface area contributed by atoms with Gasteiger partial charge in [-0.05, 0) is 55.7 Å². The third-order valence-corrected chi connectivity index (χ3v) is 5.88. The first kappa shape index (κ1) is 16.6. The quantitative estimate of drug-likeness (QED) is 0.826. The van der Waals surface area contributed by atoms with Crippen LogP contribution >= 0.6 is 11.8 Å². The predicted molar refractivity (Wildman–Crippen MR) is 89.5 cm³/mol. The predicted octanol–water partition coefficient (Wildman–Crippen LogP) is 4.09. The van der Waals surface area contributed by atoms with E-state index in [-0.39, 0.29) is 5.60 Å². The molecular formula is C17H33NOS. The zero-order valence-corrected chi connectivity index (χ0v) is 14.7. The Bertz CT molecular complexity index is 294. The lowest BCUT2D eigenvalue weighted by Gasteiger charge is -2.42. The summed E-state index contributed by atoms with van der Waals surface area (Å²) in [5.74, 6) is 3.31. The van der Waals surface area contributed by atoms with E-state index < -0.39 is 0 Å². The maximum atomic E-state index is 6.19. The van der Waals surface area contributed by atoms with E-state index in [4.69, 9.17) is 4.74 Å². The second-order valence-corrected chi connectivity index (χ2v) is 9.02. The minimum absolute atomic E-state index is 0.220. The Labute approximate surface area is 129 Å². The molecule has 0 amide bonds. The van der Waals surface area contributed by atoms with Crippen LogP contribution in [-0.4, -0.2) is 36.3 Å². The molecule has 20 heavy (non-hydrogen) atoms. The van der Waals surface area contributed by atoms with Crippen LogP contribution in [0.1, 0.15) is 59.8 Å². The number of hydrogen-bond acceptors (Lipinski definition) is 3. The highest BCUT2D eigenvalue weighted by Gasteiger charge is 2.42. The van der Waals surface area contributed by atoms with E-state index in [2.05, 4.69) is 44.8 Å². The van der Waals surface area contributed by atoms with E-state index in [1.54, 1.807) is 0 Å². The first-order chi connectivity index (χ1) is 9.44. The topological polar surface area (TPSA) is 21.3 Å². The molecule has 2 nitrogen and oxygen atoms in total. The molecule has 2 aliphatic heterocycles. The van der Waals surface area contributed by atoms with Crippen molar-refractivity contribution in [3.63, 3.8) is 0 Å². The first-order valence-electron chi connectivity index (χ1n) is 8.39. The lowest BCUT2D eigenvalue weighted by molar-refractivity contribution is -0.0869. The summed E-state index contributed by atoms with van der Waals surface area (Å²) in [4.78, 5) is 0. The molecule has 1 N–H and O–H groups in total. The van der Waals surface area contributed by atoms with Gasteiger partial charge in [0.2, 0.25) is 0 Å². The van der Waals surface area contributed by atoms with Crippen molar-refractivity contribution in [2.75, 3.05) is 24.7 Å². The van der Waals surface area contributed by atoms with Crippen LogP contribution in [0.5, 0.6) is 0 Å². The van der Waals surface area contributed by atoms with Gasteiger partial charge < -0.3 is 10.1 Å². The van der Waals surface area contributed by atoms with Crippen LogP contribution in [0.15, 0.2) is 0 Å². The highest BCUT2D eigenvalue weighted by Crippen LogP contribution is 2.42. The highest BCUT2D eigenvalue weighted by molar-refractivity contribution is 7.99. The summed E-state index contributed by atoms with van der Waals surface area (Å²) < 4.78 is 6.19. The minimum Gasteiger partial charge on any atom is -0.374 e. The molecule has 2 fully saturated rings. The van der Waals surface area contributed by atoms with E-state index in [1.165, 1.54) is 43.6 Å². The molecule has 3 atom stereocenters. The van der Waals surface area contributed by atoms with Crippen molar-refractivity contribution in [1.29, 1.82) is 0 Å². The molecule has 1 spiro atoms. The van der Waals surface area contributed by atoms with Crippen LogP contribution in [0.25, 0.3) is 0 Å². The standard InChI is InChI=1S/C17H33NOS/c1-5-8-18-15(12-16(2,3)4)14-6-9-19-17(11-14)7-10-20-13-17/h14-15,18H,5-13H2,1-4H3. The van der Waals surface area contributed by atoms with Crippen LogP contribution < -0.4 is 5.32 Å². The zero-order chi connectivity index (χ0) is 14.6. The van der Waals surface area contributed by atoms with Crippen molar-refractivity contribution in [2.24, 2.45) is 11.3 Å². The molecule has 0 aliphatic carbocycles. The SMILES string of the molecule is CCCNC(CC(C)(C)C)C1CCOC2(CCSC2)C1. The summed E-state index contributed by atoms with van der Waals surface area (Å²) in [5, 5.41) is 3.84. The maximum absolute atomic E-state index is 6.19. The van der Waals surface area contributed by atoms with E-state index >= 15 is 0 Å². The third-order valence-electron chi connectivity index (χ3n) is 4.66. The van der Waals surface area contributed by atoms with E-state index in [1.807, 2.05) is 0 Å². The maximum Gasteiger partial charge on any atom is 0.0783 e. The van der Waals surface area contributed by atoms with Crippen LogP contribution in [0.2, 0.25) is 0 Å². The normalized spacial score (nSPS) is 32.7. The fourth-order valence-electron chi connectivity index (χ4n) is 3.67. The Kier molecular flexibility index (Phi) is 5.84. The first-order valence-corrected chi connectivity index (χ1v) is 9.55. The van der Waals surface area contributed by atoms with Crippen LogP contribution in [0.3, 0.4) is 0 Å². The molecular weight excluding hydrogens is 266 g/mol. The molecule has 118 valence electrons. The second kappa shape index (κ2) is 7.02. The van der Waals surface area contributed by atoms with Gasteiger partial charge >= 0.3 is 0 Å². The molecule has 3 unspecified atom stereocenters. The molecule has 0 saturated carbocycles. The number of rotatable bonds is 5. The van der Waals surface area contributed by atoms with Crippen molar-refractivity contribution in [3.8, 4) is 0 Å². The summed E-state index contributed by atoms with van der Waals surface area (Å²) in [5.41, 5.74) is 0.624. The van der Waals surface area contributed by atoms with Crippen molar-refractivity contribution in [2.45, 2.75) is 71.4 Å². The van der Waals surface area contributed by atoms with E-state index in [9.17, 15) is 0 Å². The minimum atomic E-state index is 0.220. The molecule has 3 heteroatoms. The molecule has 0 aromatic carbocycles. The Morgan fingerprint density at radius 1 is 1.40 bits per heavy atom. The molecule has 2 heterocycles. The van der Waals surface area contributed by atoms with E-state index in [0.717, 1.165) is 19.1 Å². The van der Waals surface area contributed by atoms with Crippen LogP contribution in [0.4, 0.5) is 0 Å². The van der Waals surface area contributed by atoms with Gasteiger partial charge in [-0.2, -0.15) is 11.8 Å². The molecule has 0 radical (unpaired) electrons. The van der Waals surface area contributed by atoms with Gasteiger partial charge in [-0.25, -0.2) is 0 Å². The van der Waals surface area contributed by atoms with Gasteiger partial charge in [-0.3, -0.25) is 0 Å². The molecule has 2 saturated heterocycles. The summed E-state index contributed by atoms with van der Waals surface area (Å²) in [6.07, 6.45) is 6.29. The molecule has 2 aliphatic rings. The summed E-state index contributed by atoms with van der Waals surface area (Å²) >= 11 is 2.08. The van der Waals surface area contributed by atoms with Crippen molar-refractivity contribution in [1.82, 2.24) is 5.32 Å².